The molecule has 0 unspecified atom stereocenters. The van der Waals surface area contributed by atoms with Crippen molar-refractivity contribution in [3.05, 3.63) is 40.0 Å². The maximum Gasteiger partial charge on any atom is 0.356 e. The molecule has 1 aromatic rings. The summed E-state index contributed by atoms with van der Waals surface area (Å²) in [6.07, 6.45) is 0. The van der Waals surface area contributed by atoms with Crippen LogP contribution in [-0.2, 0) is 28.7 Å². The van der Waals surface area contributed by atoms with Gasteiger partial charge in [-0.1, -0.05) is 15.9 Å². The van der Waals surface area contributed by atoms with Crippen molar-refractivity contribution >= 4 is 45.2 Å². The van der Waals surface area contributed by atoms with Gasteiger partial charge in [-0.15, -0.1) is 0 Å². The van der Waals surface area contributed by atoms with Crippen LogP contribution in [0, 0.1) is 0 Å². The zero-order valence-electron chi connectivity index (χ0n) is 11.6. The second-order valence-corrected chi connectivity index (χ2v) is 5.07. The van der Waals surface area contributed by atoms with Gasteiger partial charge in [-0.25, -0.2) is 9.59 Å². The van der Waals surface area contributed by atoms with Crippen LogP contribution in [0.1, 0.15) is 0 Å². The first-order chi connectivity index (χ1) is 10.4. The number of carbonyl (C=O) groups excluding carboxylic acids is 4. The average molecular weight is 368 g/mol. The largest absolute Gasteiger partial charge is 0.465 e. The summed E-state index contributed by atoms with van der Waals surface area (Å²) in [5.74, 6) is -4.20. The number of anilines is 1. The predicted octanol–water partition coefficient (Wildman–Crippen LogP) is 0.965. The number of benzene rings is 1. The summed E-state index contributed by atoms with van der Waals surface area (Å²) >= 11 is 3.24. The van der Waals surface area contributed by atoms with Crippen LogP contribution in [0.25, 0.3) is 0 Å². The molecule has 0 bridgehead atoms. The van der Waals surface area contributed by atoms with Crippen molar-refractivity contribution in [2.24, 2.45) is 0 Å². The molecule has 1 amide bonds. The number of hydrogen-bond acceptors (Lipinski definition) is 6. The third-order valence-corrected chi connectivity index (χ3v) is 3.47. The molecule has 7 nitrogen and oxygen atoms in total. The lowest BCUT2D eigenvalue weighted by molar-refractivity contribution is -0.141. The molecule has 0 aliphatic carbocycles. The Labute approximate surface area is 133 Å². The fourth-order valence-electron chi connectivity index (χ4n) is 1.95. The highest BCUT2D eigenvalue weighted by Crippen LogP contribution is 2.30. The summed E-state index contributed by atoms with van der Waals surface area (Å²) in [6.45, 7) is 0. The second-order valence-electron chi connectivity index (χ2n) is 4.15. The summed E-state index contributed by atoms with van der Waals surface area (Å²) in [6, 6.07) is 6.27. The zero-order chi connectivity index (χ0) is 16.4. The number of esters is 2. The summed E-state index contributed by atoms with van der Waals surface area (Å²) < 4.78 is 9.78. The van der Waals surface area contributed by atoms with E-state index in [0.29, 0.717) is 0 Å². The molecular formula is C14H10BrNO6. The number of carbonyl (C=O) groups is 4. The number of hydrogen-bond donors (Lipinski definition) is 0. The first-order valence-electron chi connectivity index (χ1n) is 5.97. The lowest BCUT2D eigenvalue weighted by Crippen LogP contribution is -2.31. The number of halogens is 1. The number of rotatable bonds is 3. The molecule has 2 rings (SSSR count). The maximum atomic E-state index is 12.2. The van der Waals surface area contributed by atoms with Crippen molar-refractivity contribution in [1.82, 2.24) is 0 Å². The lowest BCUT2D eigenvalue weighted by atomic mass is 10.1. The van der Waals surface area contributed by atoms with Gasteiger partial charge in [0.2, 0.25) is 0 Å². The van der Waals surface area contributed by atoms with Gasteiger partial charge in [-0.2, -0.15) is 0 Å². The topological polar surface area (TPSA) is 90.0 Å². The van der Waals surface area contributed by atoms with Crippen molar-refractivity contribution in [3.63, 3.8) is 0 Å². The maximum absolute atomic E-state index is 12.2. The van der Waals surface area contributed by atoms with Crippen LogP contribution < -0.4 is 4.90 Å². The summed E-state index contributed by atoms with van der Waals surface area (Å²) in [7, 11) is 2.13. The molecule has 0 saturated carbocycles. The van der Waals surface area contributed by atoms with Gasteiger partial charge in [-0.05, 0) is 24.3 Å². The third kappa shape index (κ3) is 2.52. The first-order valence-corrected chi connectivity index (χ1v) is 6.77. The summed E-state index contributed by atoms with van der Waals surface area (Å²) in [5, 5.41) is 0. The van der Waals surface area contributed by atoms with Gasteiger partial charge in [0, 0.05) is 10.2 Å². The van der Waals surface area contributed by atoms with Gasteiger partial charge in [0.25, 0.3) is 5.78 Å². The van der Waals surface area contributed by atoms with Crippen molar-refractivity contribution in [2.75, 3.05) is 19.1 Å². The minimum atomic E-state index is -1.12. The predicted molar refractivity (Wildman–Crippen MR) is 77.7 cm³/mol. The van der Waals surface area contributed by atoms with Gasteiger partial charge in [-0.3, -0.25) is 14.5 Å². The van der Waals surface area contributed by atoms with Gasteiger partial charge < -0.3 is 9.47 Å². The number of ether oxygens (including phenoxy) is 2. The monoisotopic (exact) mass is 367 g/mol. The molecule has 0 spiro atoms. The molecule has 0 saturated heterocycles. The number of Topliss-reactive ketones (excluding diaryl/α,β-unsaturated/α-hetero) is 1. The summed E-state index contributed by atoms with van der Waals surface area (Å²) in [4.78, 5) is 48.7. The molecule has 1 heterocycles. The van der Waals surface area contributed by atoms with E-state index >= 15 is 0 Å². The molecule has 0 N–H and O–H groups in total. The first kappa shape index (κ1) is 15.9. The van der Waals surface area contributed by atoms with Crippen LogP contribution in [0.5, 0.6) is 0 Å². The highest BCUT2D eigenvalue weighted by Gasteiger charge is 2.46. The molecule has 1 aliphatic heterocycles. The highest BCUT2D eigenvalue weighted by atomic mass is 79.9. The molecule has 0 radical (unpaired) electrons. The normalized spacial score (nSPS) is 14.4. The Hall–Kier alpha value is -2.48. The fraction of sp³-hybridized carbons (Fsp3) is 0.143. The van der Waals surface area contributed by atoms with Crippen molar-refractivity contribution in [2.45, 2.75) is 0 Å². The van der Waals surface area contributed by atoms with Crippen LogP contribution in [0.3, 0.4) is 0 Å². The van der Waals surface area contributed by atoms with E-state index in [2.05, 4.69) is 25.4 Å². The SMILES string of the molecule is COC(=O)C1=C(C(=O)OC)N(c2ccc(Br)cc2)C(=O)C1=O. The Morgan fingerprint density at radius 2 is 1.55 bits per heavy atom. The van der Waals surface area contributed by atoms with E-state index in [1.165, 1.54) is 12.1 Å². The van der Waals surface area contributed by atoms with Crippen LogP contribution in [-0.4, -0.2) is 37.8 Å². The fourth-order valence-corrected chi connectivity index (χ4v) is 2.21. The Kier molecular flexibility index (Phi) is 4.41. The lowest BCUT2D eigenvalue weighted by Gasteiger charge is -2.18. The number of ketones is 1. The Morgan fingerprint density at radius 3 is 2.05 bits per heavy atom. The molecule has 0 aromatic heterocycles. The van der Waals surface area contributed by atoms with Gasteiger partial charge in [0.1, 0.15) is 5.57 Å². The summed E-state index contributed by atoms with van der Waals surface area (Å²) in [5.41, 5.74) is -0.838. The molecule has 1 aliphatic rings. The minimum absolute atomic E-state index is 0.251. The van der Waals surface area contributed by atoms with E-state index < -0.39 is 34.9 Å². The van der Waals surface area contributed by atoms with Crippen LogP contribution in [0.4, 0.5) is 5.69 Å². The smallest absolute Gasteiger partial charge is 0.356 e. The molecule has 0 fully saturated rings. The van der Waals surface area contributed by atoms with E-state index in [1.807, 2.05) is 0 Å². The van der Waals surface area contributed by atoms with Crippen molar-refractivity contribution in [1.29, 1.82) is 0 Å². The van der Waals surface area contributed by atoms with Crippen LogP contribution >= 0.6 is 15.9 Å². The van der Waals surface area contributed by atoms with E-state index in [-0.39, 0.29) is 5.69 Å². The Morgan fingerprint density at radius 1 is 1.00 bits per heavy atom. The standard InChI is InChI=1S/C14H10BrNO6/c1-21-13(19)9-10(14(20)22-2)16(12(18)11(9)17)8-5-3-7(15)4-6-8/h3-6H,1-2H3. The molecule has 0 atom stereocenters. The van der Waals surface area contributed by atoms with E-state index in [0.717, 1.165) is 23.6 Å². The quantitative estimate of drug-likeness (QED) is 0.449. The van der Waals surface area contributed by atoms with Gasteiger partial charge >= 0.3 is 17.8 Å². The zero-order valence-corrected chi connectivity index (χ0v) is 13.2. The second kappa shape index (κ2) is 6.10. The van der Waals surface area contributed by atoms with E-state index in [1.54, 1.807) is 12.1 Å². The Balaban J connectivity index is 2.65. The number of amides is 1. The van der Waals surface area contributed by atoms with Crippen LogP contribution in [0.2, 0.25) is 0 Å². The van der Waals surface area contributed by atoms with Crippen molar-refractivity contribution < 1.29 is 28.7 Å². The Bertz CT molecular complexity index is 707. The van der Waals surface area contributed by atoms with E-state index in [4.69, 9.17) is 0 Å². The number of methoxy groups -OCH3 is 2. The molecule has 114 valence electrons. The van der Waals surface area contributed by atoms with Crippen molar-refractivity contribution in [3.8, 4) is 0 Å². The number of nitrogens with zero attached hydrogens (tertiary/aromatic N) is 1. The van der Waals surface area contributed by atoms with Gasteiger partial charge in [0.15, 0.2) is 5.70 Å². The third-order valence-electron chi connectivity index (χ3n) is 2.94. The minimum Gasteiger partial charge on any atom is -0.465 e. The van der Waals surface area contributed by atoms with E-state index in [9.17, 15) is 19.2 Å². The molecule has 8 heteroatoms. The van der Waals surface area contributed by atoms with Gasteiger partial charge in [0.05, 0.1) is 14.2 Å². The molecular weight excluding hydrogens is 358 g/mol. The molecule has 1 aromatic carbocycles. The van der Waals surface area contributed by atoms with Crippen LogP contribution in [0.15, 0.2) is 40.0 Å². The highest BCUT2D eigenvalue weighted by molar-refractivity contribution is 9.10. The average Bonchev–Trinajstić information content (AvgIpc) is 2.79. The molecule has 22 heavy (non-hydrogen) atoms.